The molecule has 1 amide bonds. The highest BCUT2D eigenvalue weighted by molar-refractivity contribution is 5.68. The van der Waals surface area contributed by atoms with Crippen molar-refractivity contribution < 1.29 is 19.0 Å². The van der Waals surface area contributed by atoms with Crippen LogP contribution in [0.5, 0.6) is 0 Å². The normalized spacial score (nSPS) is 20.9. The summed E-state index contributed by atoms with van der Waals surface area (Å²) in [6.45, 7) is 10.3. The minimum absolute atomic E-state index is 0.00790. The van der Waals surface area contributed by atoms with E-state index < -0.39 is 11.7 Å². The molecule has 1 fully saturated rings. The van der Waals surface area contributed by atoms with E-state index in [-0.39, 0.29) is 18.9 Å². The van der Waals surface area contributed by atoms with Crippen LogP contribution in [0.1, 0.15) is 39.2 Å². The van der Waals surface area contributed by atoms with Crippen LogP contribution in [-0.4, -0.2) is 30.6 Å². The summed E-state index contributed by atoms with van der Waals surface area (Å²) in [5.41, 5.74) is 1.58. The largest absolute Gasteiger partial charge is 0.444 e. The first kappa shape index (κ1) is 18.5. The van der Waals surface area contributed by atoms with Gasteiger partial charge in [-0.25, -0.2) is 4.79 Å². The Morgan fingerprint density at radius 3 is 2.67 bits per heavy atom. The monoisotopic (exact) mass is 333 g/mol. The smallest absolute Gasteiger partial charge is 0.407 e. The lowest BCUT2D eigenvalue weighted by molar-refractivity contribution is -0.0840. The van der Waals surface area contributed by atoms with Crippen molar-refractivity contribution in [2.24, 2.45) is 0 Å². The SMILES string of the molecule is C=C1C[C@@H](NC(=O)OC(C)(C)C)C[C@H]1OCOCc1ccccc1. The number of nitrogens with one attached hydrogen (secondary N) is 1. The Balaban J connectivity index is 1.68. The summed E-state index contributed by atoms with van der Waals surface area (Å²) in [7, 11) is 0. The van der Waals surface area contributed by atoms with Gasteiger partial charge in [0.25, 0.3) is 0 Å². The van der Waals surface area contributed by atoms with Crippen LogP contribution < -0.4 is 5.32 Å². The molecular weight excluding hydrogens is 306 g/mol. The molecule has 132 valence electrons. The van der Waals surface area contributed by atoms with Crippen LogP contribution in [0, 0.1) is 0 Å². The lowest BCUT2D eigenvalue weighted by atomic mass is 10.2. The van der Waals surface area contributed by atoms with Crippen molar-refractivity contribution in [2.75, 3.05) is 6.79 Å². The van der Waals surface area contributed by atoms with Gasteiger partial charge in [0.05, 0.1) is 12.7 Å². The van der Waals surface area contributed by atoms with Crippen molar-refractivity contribution in [3.8, 4) is 0 Å². The number of benzene rings is 1. The molecule has 2 atom stereocenters. The minimum atomic E-state index is -0.499. The summed E-state index contributed by atoms with van der Waals surface area (Å²) in [5.74, 6) is 0. The highest BCUT2D eigenvalue weighted by atomic mass is 16.7. The highest BCUT2D eigenvalue weighted by Crippen LogP contribution is 2.27. The molecule has 0 unspecified atom stereocenters. The molecule has 0 aromatic heterocycles. The number of rotatable bonds is 6. The van der Waals surface area contributed by atoms with Crippen molar-refractivity contribution in [1.82, 2.24) is 5.32 Å². The number of amides is 1. The van der Waals surface area contributed by atoms with Gasteiger partial charge in [0.2, 0.25) is 0 Å². The van der Waals surface area contributed by atoms with Crippen molar-refractivity contribution in [3.63, 3.8) is 0 Å². The van der Waals surface area contributed by atoms with E-state index in [2.05, 4.69) is 11.9 Å². The van der Waals surface area contributed by atoms with Gasteiger partial charge in [-0.1, -0.05) is 36.9 Å². The van der Waals surface area contributed by atoms with Crippen LogP contribution >= 0.6 is 0 Å². The number of carbonyl (C=O) groups is 1. The molecule has 2 rings (SSSR count). The average Bonchev–Trinajstić information content (AvgIpc) is 2.82. The fourth-order valence-corrected chi connectivity index (χ4v) is 2.59. The van der Waals surface area contributed by atoms with Crippen LogP contribution in [0.3, 0.4) is 0 Å². The maximum atomic E-state index is 11.8. The van der Waals surface area contributed by atoms with Crippen LogP contribution in [-0.2, 0) is 20.8 Å². The van der Waals surface area contributed by atoms with E-state index in [1.54, 1.807) is 0 Å². The van der Waals surface area contributed by atoms with E-state index in [0.29, 0.717) is 19.4 Å². The van der Waals surface area contributed by atoms with Gasteiger partial charge in [-0.05, 0) is 44.7 Å². The third-order valence-corrected chi connectivity index (χ3v) is 3.65. The molecule has 5 heteroatoms. The third-order valence-electron chi connectivity index (χ3n) is 3.65. The van der Waals surface area contributed by atoms with Crippen molar-refractivity contribution >= 4 is 6.09 Å². The fraction of sp³-hybridized carbons (Fsp3) is 0.526. The molecule has 0 spiro atoms. The average molecular weight is 333 g/mol. The molecule has 1 aliphatic rings. The molecule has 1 saturated carbocycles. The minimum Gasteiger partial charge on any atom is -0.444 e. The van der Waals surface area contributed by atoms with Gasteiger partial charge in [-0.15, -0.1) is 0 Å². The summed E-state index contributed by atoms with van der Waals surface area (Å²) in [6.07, 6.45) is 0.886. The van der Waals surface area contributed by atoms with Gasteiger partial charge in [-0.2, -0.15) is 0 Å². The Hall–Kier alpha value is -1.85. The molecule has 0 saturated heterocycles. The number of carbonyl (C=O) groups excluding carboxylic acids is 1. The Bertz CT molecular complexity index is 550. The first-order valence-electron chi connectivity index (χ1n) is 8.24. The van der Waals surface area contributed by atoms with E-state index in [1.165, 1.54) is 0 Å². The molecule has 1 aromatic rings. The molecule has 1 aromatic carbocycles. The van der Waals surface area contributed by atoms with E-state index in [9.17, 15) is 4.79 Å². The lowest BCUT2D eigenvalue weighted by Crippen LogP contribution is -2.38. The van der Waals surface area contributed by atoms with Gasteiger partial charge in [0.1, 0.15) is 12.4 Å². The van der Waals surface area contributed by atoms with E-state index in [1.807, 2.05) is 51.1 Å². The molecule has 0 bridgehead atoms. The Labute approximate surface area is 144 Å². The molecule has 5 nitrogen and oxygen atoms in total. The zero-order valence-electron chi connectivity index (χ0n) is 14.7. The lowest BCUT2D eigenvalue weighted by Gasteiger charge is -2.21. The molecule has 0 radical (unpaired) electrons. The first-order chi connectivity index (χ1) is 11.3. The second-order valence-corrected chi connectivity index (χ2v) is 7.05. The molecule has 0 heterocycles. The number of hydrogen-bond donors (Lipinski definition) is 1. The number of hydrogen-bond acceptors (Lipinski definition) is 4. The zero-order valence-corrected chi connectivity index (χ0v) is 14.7. The maximum Gasteiger partial charge on any atom is 0.407 e. The van der Waals surface area contributed by atoms with Crippen molar-refractivity contribution in [3.05, 3.63) is 48.0 Å². The summed E-state index contributed by atoms with van der Waals surface area (Å²) in [4.78, 5) is 11.8. The van der Waals surface area contributed by atoms with Gasteiger partial charge >= 0.3 is 6.09 Å². The van der Waals surface area contributed by atoms with Crippen LogP contribution in [0.2, 0.25) is 0 Å². The van der Waals surface area contributed by atoms with Gasteiger partial charge in [0, 0.05) is 6.04 Å². The Morgan fingerprint density at radius 2 is 2.00 bits per heavy atom. The number of ether oxygens (including phenoxy) is 3. The maximum absolute atomic E-state index is 11.8. The Kier molecular flexibility index (Phi) is 6.40. The first-order valence-corrected chi connectivity index (χ1v) is 8.24. The Morgan fingerprint density at radius 1 is 1.29 bits per heavy atom. The quantitative estimate of drug-likeness (QED) is 0.489. The topological polar surface area (TPSA) is 56.8 Å². The summed E-state index contributed by atoms with van der Waals surface area (Å²) in [6, 6.07) is 9.94. The van der Waals surface area contributed by atoms with E-state index >= 15 is 0 Å². The molecule has 1 N–H and O–H groups in total. The van der Waals surface area contributed by atoms with Gasteiger partial charge in [0.15, 0.2) is 0 Å². The second-order valence-electron chi connectivity index (χ2n) is 7.05. The molecular formula is C19H27NO4. The molecule has 24 heavy (non-hydrogen) atoms. The molecule has 1 aliphatic carbocycles. The summed E-state index contributed by atoms with van der Waals surface area (Å²) < 4.78 is 16.5. The van der Waals surface area contributed by atoms with Crippen LogP contribution in [0.15, 0.2) is 42.5 Å². The number of alkyl carbamates (subject to hydrolysis) is 1. The van der Waals surface area contributed by atoms with E-state index in [4.69, 9.17) is 14.2 Å². The predicted octanol–water partition coefficient (Wildman–Crippen LogP) is 3.79. The highest BCUT2D eigenvalue weighted by Gasteiger charge is 2.31. The predicted molar refractivity (Wildman–Crippen MR) is 92.5 cm³/mol. The summed E-state index contributed by atoms with van der Waals surface area (Å²) >= 11 is 0. The van der Waals surface area contributed by atoms with Crippen LogP contribution in [0.4, 0.5) is 4.79 Å². The second kappa shape index (κ2) is 8.31. The zero-order chi connectivity index (χ0) is 17.6. The van der Waals surface area contributed by atoms with Gasteiger partial charge in [-0.3, -0.25) is 0 Å². The van der Waals surface area contributed by atoms with E-state index in [0.717, 1.165) is 11.1 Å². The van der Waals surface area contributed by atoms with Crippen LogP contribution in [0.25, 0.3) is 0 Å². The third kappa shape index (κ3) is 6.34. The standard InChI is InChI=1S/C19H27NO4/c1-14-10-16(20-18(21)24-19(2,3)4)11-17(14)23-13-22-12-15-8-6-5-7-9-15/h5-9,16-17H,1,10-13H2,2-4H3,(H,20,21)/t16-,17-/m1/s1. The van der Waals surface area contributed by atoms with Gasteiger partial charge < -0.3 is 19.5 Å². The van der Waals surface area contributed by atoms with Crippen molar-refractivity contribution in [2.45, 2.75) is 58.0 Å². The van der Waals surface area contributed by atoms with Crippen molar-refractivity contribution in [1.29, 1.82) is 0 Å². The summed E-state index contributed by atoms with van der Waals surface area (Å²) in [5, 5.41) is 2.87. The fourth-order valence-electron chi connectivity index (χ4n) is 2.59. The molecule has 0 aliphatic heterocycles.